The van der Waals surface area contributed by atoms with Gasteiger partial charge >= 0.3 is 5.69 Å². The number of H-pyrrole nitrogens is 1. The second kappa shape index (κ2) is 4.85. The molecule has 1 aromatic rings. The Morgan fingerprint density at radius 2 is 2.05 bits per heavy atom. The lowest BCUT2D eigenvalue weighted by atomic mass is 9.98. The monoisotopic (exact) mass is 276 g/mol. The first-order chi connectivity index (χ1) is 8.95. The van der Waals surface area contributed by atoms with Crippen LogP contribution in [0.3, 0.4) is 0 Å². The highest BCUT2D eigenvalue weighted by Crippen LogP contribution is 2.37. The first-order valence-electron chi connectivity index (χ1n) is 5.48. The van der Waals surface area contributed by atoms with Crippen LogP contribution in [0.1, 0.15) is 6.23 Å². The summed E-state index contributed by atoms with van der Waals surface area (Å²) in [5.74, 6) is 0. The van der Waals surface area contributed by atoms with Crippen molar-refractivity contribution >= 4 is 0 Å². The molecule has 9 heteroatoms. The van der Waals surface area contributed by atoms with Crippen molar-refractivity contribution in [3.63, 3.8) is 0 Å². The van der Waals surface area contributed by atoms with E-state index in [1.54, 1.807) is 0 Å². The summed E-state index contributed by atoms with van der Waals surface area (Å²) in [7, 11) is 0. The summed E-state index contributed by atoms with van der Waals surface area (Å²) in [4.78, 5) is 24.3. The second-order valence-electron chi connectivity index (χ2n) is 4.30. The van der Waals surface area contributed by atoms with E-state index in [1.165, 1.54) is 0 Å². The fourth-order valence-electron chi connectivity index (χ4n) is 1.97. The minimum absolute atomic E-state index is 0.661. The predicted molar refractivity (Wildman–Crippen MR) is 59.3 cm³/mol. The van der Waals surface area contributed by atoms with Gasteiger partial charge in [0.2, 0.25) is 0 Å². The van der Waals surface area contributed by atoms with E-state index in [2.05, 4.69) is 0 Å². The Morgan fingerprint density at radius 1 is 1.42 bits per heavy atom. The molecule has 3 atom stereocenters. The molecule has 0 unspecified atom stereocenters. The third kappa shape index (κ3) is 2.10. The number of halogens is 1. The summed E-state index contributed by atoms with van der Waals surface area (Å²) in [5, 5.41) is 27.9. The third-order valence-corrected chi connectivity index (χ3v) is 3.13. The van der Waals surface area contributed by atoms with E-state index in [0.29, 0.717) is 0 Å². The summed E-state index contributed by atoms with van der Waals surface area (Å²) in [6.07, 6.45) is -4.37. The smallest absolute Gasteiger partial charge is 0.330 e. The van der Waals surface area contributed by atoms with Gasteiger partial charge in [-0.05, 0) is 0 Å². The van der Waals surface area contributed by atoms with Gasteiger partial charge < -0.3 is 20.1 Å². The number of nitrogens with zero attached hydrogens (tertiary/aromatic N) is 1. The lowest BCUT2D eigenvalue weighted by molar-refractivity contribution is -0.150. The topological polar surface area (TPSA) is 125 Å². The lowest BCUT2D eigenvalue weighted by Crippen LogP contribution is -2.48. The maximum absolute atomic E-state index is 14.0. The maximum Gasteiger partial charge on any atom is 0.330 e. The highest BCUT2D eigenvalue weighted by molar-refractivity contribution is 5.02. The molecule has 0 amide bonds. The van der Waals surface area contributed by atoms with Crippen LogP contribution < -0.4 is 11.2 Å². The average Bonchev–Trinajstić information content (AvgIpc) is 2.64. The third-order valence-electron chi connectivity index (χ3n) is 3.13. The summed E-state index contributed by atoms with van der Waals surface area (Å²) in [5.41, 5.74) is -3.47. The molecule has 2 rings (SSSR count). The van der Waals surface area contributed by atoms with Crippen molar-refractivity contribution in [1.82, 2.24) is 9.55 Å². The predicted octanol–water partition coefficient (Wildman–Crippen LogP) is -2.51. The molecule has 0 radical (unpaired) electrons. The molecule has 0 spiro atoms. The summed E-state index contributed by atoms with van der Waals surface area (Å²) >= 11 is 0. The zero-order valence-corrected chi connectivity index (χ0v) is 9.69. The summed E-state index contributed by atoms with van der Waals surface area (Å²) in [6, 6.07) is 0.988. The first-order valence-corrected chi connectivity index (χ1v) is 5.48. The van der Waals surface area contributed by atoms with Gasteiger partial charge in [0.1, 0.15) is 11.7 Å². The Hall–Kier alpha value is -1.55. The SMILES string of the molecule is O=c1ccn([C@@H]2OC(CO)(CO)[C@@H](O)[C@@H]2F)c(=O)[nH]1. The number of ether oxygens (including phenoxy) is 1. The van der Waals surface area contributed by atoms with Crippen LogP contribution in [0.5, 0.6) is 0 Å². The van der Waals surface area contributed by atoms with Crippen LogP contribution in [-0.2, 0) is 4.74 Å². The van der Waals surface area contributed by atoms with Crippen molar-refractivity contribution in [3.8, 4) is 0 Å². The molecule has 1 aliphatic rings. The number of hydrogen-bond donors (Lipinski definition) is 4. The molecule has 19 heavy (non-hydrogen) atoms. The van der Waals surface area contributed by atoms with Gasteiger partial charge in [-0.2, -0.15) is 0 Å². The molecule has 0 aliphatic carbocycles. The molecule has 0 aromatic carbocycles. The van der Waals surface area contributed by atoms with E-state index >= 15 is 0 Å². The molecular weight excluding hydrogens is 263 g/mol. The number of aromatic nitrogens is 2. The van der Waals surface area contributed by atoms with Crippen molar-refractivity contribution in [2.45, 2.75) is 24.1 Å². The lowest BCUT2D eigenvalue weighted by Gasteiger charge is -2.27. The number of rotatable bonds is 3. The molecule has 8 nitrogen and oxygen atoms in total. The largest absolute Gasteiger partial charge is 0.393 e. The first kappa shape index (κ1) is 13.9. The summed E-state index contributed by atoms with van der Waals surface area (Å²) in [6.45, 7) is -1.64. The van der Waals surface area contributed by atoms with Crippen molar-refractivity contribution in [3.05, 3.63) is 33.1 Å². The van der Waals surface area contributed by atoms with Gasteiger partial charge in [0, 0.05) is 12.3 Å². The van der Waals surface area contributed by atoms with Gasteiger partial charge in [-0.25, -0.2) is 9.18 Å². The Balaban J connectivity index is 2.42. The van der Waals surface area contributed by atoms with E-state index in [9.17, 15) is 19.1 Å². The van der Waals surface area contributed by atoms with Crippen molar-refractivity contribution in [1.29, 1.82) is 0 Å². The molecular formula is C10H13FN2O6. The maximum atomic E-state index is 14.0. The molecule has 0 bridgehead atoms. The number of aromatic amines is 1. The average molecular weight is 276 g/mol. The zero-order chi connectivity index (χ0) is 14.2. The second-order valence-corrected chi connectivity index (χ2v) is 4.30. The number of aliphatic hydroxyl groups excluding tert-OH is 3. The Morgan fingerprint density at radius 3 is 2.53 bits per heavy atom. The van der Waals surface area contributed by atoms with E-state index in [4.69, 9.17) is 14.9 Å². The van der Waals surface area contributed by atoms with Crippen molar-refractivity contribution in [2.24, 2.45) is 0 Å². The van der Waals surface area contributed by atoms with Crippen LogP contribution in [0.15, 0.2) is 21.9 Å². The van der Waals surface area contributed by atoms with Gasteiger partial charge in [-0.1, -0.05) is 0 Å². The fourth-order valence-corrected chi connectivity index (χ4v) is 1.97. The molecule has 1 aromatic heterocycles. The van der Waals surface area contributed by atoms with Crippen LogP contribution in [0.2, 0.25) is 0 Å². The number of alkyl halides is 1. The normalized spacial score (nSPS) is 29.6. The number of hydrogen-bond acceptors (Lipinski definition) is 6. The number of nitrogens with one attached hydrogen (secondary N) is 1. The molecule has 0 saturated carbocycles. The molecule has 1 fully saturated rings. The van der Waals surface area contributed by atoms with E-state index < -0.39 is 48.6 Å². The Labute approximate surface area is 105 Å². The fraction of sp³-hybridized carbons (Fsp3) is 0.600. The van der Waals surface area contributed by atoms with Gasteiger partial charge in [0.15, 0.2) is 12.4 Å². The van der Waals surface area contributed by atoms with Gasteiger partial charge in [0.05, 0.1) is 13.2 Å². The van der Waals surface area contributed by atoms with Crippen molar-refractivity contribution < 1.29 is 24.4 Å². The van der Waals surface area contributed by atoms with Crippen LogP contribution in [-0.4, -0.2) is 56.0 Å². The standard InChI is InChI=1S/C10H13FN2O6/c11-6-7(17)10(3-14,4-15)19-8(6)13-2-1-5(16)12-9(13)18/h1-2,6-8,14-15,17H,3-4H2,(H,12,16,18)/t6-,7-,8+/m0/s1. The van der Waals surface area contributed by atoms with E-state index in [0.717, 1.165) is 16.8 Å². The minimum Gasteiger partial charge on any atom is -0.393 e. The van der Waals surface area contributed by atoms with Gasteiger partial charge in [-0.3, -0.25) is 14.3 Å². The van der Waals surface area contributed by atoms with Crippen LogP contribution in [0, 0.1) is 0 Å². The van der Waals surface area contributed by atoms with Crippen LogP contribution in [0.25, 0.3) is 0 Å². The van der Waals surface area contributed by atoms with E-state index in [-0.39, 0.29) is 0 Å². The van der Waals surface area contributed by atoms with Crippen LogP contribution in [0.4, 0.5) is 4.39 Å². The zero-order valence-electron chi connectivity index (χ0n) is 9.69. The van der Waals surface area contributed by atoms with Gasteiger partial charge in [-0.15, -0.1) is 0 Å². The Bertz CT molecular complexity index is 566. The quantitative estimate of drug-likeness (QED) is 0.483. The minimum atomic E-state index is -2.04. The molecule has 1 saturated heterocycles. The summed E-state index contributed by atoms with van der Waals surface area (Å²) < 4.78 is 19.8. The van der Waals surface area contributed by atoms with E-state index in [1.807, 2.05) is 4.98 Å². The van der Waals surface area contributed by atoms with Crippen LogP contribution >= 0.6 is 0 Å². The van der Waals surface area contributed by atoms with Gasteiger partial charge in [0.25, 0.3) is 5.56 Å². The van der Waals surface area contributed by atoms with Crippen molar-refractivity contribution in [2.75, 3.05) is 13.2 Å². The molecule has 2 heterocycles. The highest BCUT2D eigenvalue weighted by Gasteiger charge is 2.55. The highest BCUT2D eigenvalue weighted by atomic mass is 19.1. The number of aliphatic hydroxyl groups is 3. The molecule has 106 valence electrons. The molecule has 1 aliphatic heterocycles. The Kier molecular flexibility index (Phi) is 3.54. The molecule has 4 N–H and O–H groups in total.